The van der Waals surface area contributed by atoms with E-state index >= 15 is 0 Å². The topological polar surface area (TPSA) is 82.5 Å². The molecule has 4 rings (SSSR count). The average molecular weight is 342 g/mol. The SMILES string of the molecule is Cc1ccc(-c2noc(Sc3nnnn3C3CCCCC3)n2)cc1. The standard InChI is InChI=1S/C16H18N6OS/c1-11-7-9-12(10-8-11)14-17-16(23-19-14)24-15-18-20-21-22(15)13-5-3-2-4-6-13/h7-10,13H,2-6H2,1H3. The second-order valence-electron chi connectivity index (χ2n) is 6.05. The van der Waals surface area contributed by atoms with E-state index in [1.807, 2.05) is 35.9 Å². The highest BCUT2D eigenvalue weighted by Gasteiger charge is 2.22. The molecule has 1 fully saturated rings. The zero-order valence-corrected chi connectivity index (χ0v) is 14.2. The number of hydrogen-bond acceptors (Lipinski definition) is 7. The highest BCUT2D eigenvalue weighted by atomic mass is 32.2. The molecule has 0 amide bonds. The Kier molecular flexibility index (Phi) is 4.29. The quantitative estimate of drug-likeness (QED) is 0.715. The summed E-state index contributed by atoms with van der Waals surface area (Å²) in [4.78, 5) is 4.45. The van der Waals surface area contributed by atoms with Gasteiger partial charge in [0.05, 0.1) is 6.04 Å². The maximum absolute atomic E-state index is 5.36. The number of benzene rings is 1. The Balaban J connectivity index is 1.52. The molecule has 8 heteroatoms. The first-order chi connectivity index (χ1) is 11.8. The van der Waals surface area contributed by atoms with Gasteiger partial charge in [-0.3, -0.25) is 0 Å². The van der Waals surface area contributed by atoms with Crippen LogP contribution in [0.15, 0.2) is 39.2 Å². The Morgan fingerprint density at radius 2 is 1.92 bits per heavy atom. The molecule has 1 aliphatic carbocycles. The van der Waals surface area contributed by atoms with Crippen molar-refractivity contribution in [2.24, 2.45) is 0 Å². The fourth-order valence-corrected chi connectivity index (χ4v) is 3.68. The van der Waals surface area contributed by atoms with E-state index < -0.39 is 0 Å². The van der Waals surface area contributed by atoms with E-state index in [1.165, 1.54) is 36.6 Å². The molecule has 0 aliphatic heterocycles. The van der Waals surface area contributed by atoms with Gasteiger partial charge in [0, 0.05) is 17.3 Å². The van der Waals surface area contributed by atoms with E-state index in [0.717, 1.165) is 18.4 Å². The Bertz CT molecular complexity index is 806. The van der Waals surface area contributed by atoms with Gasteiger partial charge in [-0.15, -0.1) is 5.10 Å². The summed E-state index contributed by atoms with van der Waals surface area (Å²) in [7, 11) is 0. The lowest BCUT2D eigenvalue weighted by atomic mass is 9.96. The average Bonchev–Trinajstić information content (AvgIpc) is 3.26. The van der Waals surface area contributed by atoms with Crippen LogP contribution in [0.5, 0.6) is 0 Å². The third-order valence-electron chi connectivity index (χ3n) is 4.28. The van der Waals surface area contributed by atoms with Crippen molar-refractivity contribution in [3.05, 3.63) is 29.8 Å². The first kappa shape index (κ1) is 15.3. The normalized spacial score (nSPS) is 15.7. The maximum Gasteiger partial charge on any atom is 0.293 e. The molecule has 0 atom stereocenters. The molecule has 0 radical (unpaired) electrons. The molecule has 2 heterocycles. The second kappa shape index (κ2) is 6.72. The van der Waals surface area contributed by atoms with Gasteiger partial charge in [0.25, 0.3) is 5.22 Å². The third kappa shape index (κ3) is 3.19. The minimum Gasteiger partial charge on any atom is -0.326 e. The lowest BCUT2D eigenvalue weighted by molar-refractivity contribution is 0.305. The molecule has 2 aromatic heterocycles. The predicted molar refractivity (Wildman–Crippen MR) is 88.5 cm³/mol. The number of tetrazole rings is 1. The van der Waals surface area contributed by atoms with E-state index in [1.54, 1.807) is 0 Å². The van der Waals surface area contributed by atoms with Crippen LogP contribution < -0.4 is 0 Å². The predicted octanol–water partition coefficient (Wildman–Crippen LogP) is 3.69. The first-order valence-electron chi connectivity index (χ1n) is 8.16. The summed E-state index contributed by atoms with van der Waals surface area (Å²) in [5.41, 5.74) is 2.13. The zero-order valence-electron chi connectivity index (χ0n) is 13.4. The van der Waals surface area contributed by atoms with Crippen molar-refractivity contribution in [2.75, 3.05) is 0 Å². The van der Waals surface area contributed by atoms with Crippen LogP contribution in [0.2, 0.25) is 0 Å². The van der Waals surface area contributed by atoms with E-state index in [0.29, 0.717) is 22.2 Å². The number of aryl methyl sites for hydroxylation is 1. The van der Waals surface area contributed by atoms with E-state index in [-0.39, 0.29) is 0 Å². The van der Waals surface area contributed by atoms with Crippen molar-refractivity contribution in [1.82, 2.24) is 30.3 Å². The van der Waals surface area contributed by atoms with Gasteiger partial charge < -0.3 is 4.52 Å². The van der Waals surface area contributed by atoms with Gasteiger partial charge in [-0.1, -0.05) is 54.2 Å². The van der Waals surface area contributed by atoms with Crippen LogP contribution in [0.1, 0.15) is 43.7 Å². The summed E-state index contributed by atoms with van der Waals surface area (Å²) in [6.45, 7) is 2.05. The number of aromatic nitrogens is 6. The van der Waals surface area contributed by atoms with Gasteiger partial charge in [0.15, 0.2) is 0 Å². The number of hydrogen-bond donors (Lipinski definition) is 0. The van der Waals surface area contributed by atoms with Crippen LogP contribution >= 0.6 is 11.8 Å². The van der Waals surface area contributed by atoms with Crippen molar-refractivity contribution < 1.29 is 4.52 Å². The van der Waals surface area contributed by atoms with Crippen molar-refractivity contribution in [3.8, 4) is 11.4 Å². The van der Waals surface area contributed by atoms with E-state index in [4.69, 9.17) is 4.52 Å². The van der Waals surface area contributed by atoms with Crippen LogP contribution in [-0.4, -0.2) is 30.3 Å². The van der Waals surface area contributed by atoms with Crippen LogP contribution in [0.25, 0.3) is 11.4 Å². The summed E-state index contributed by atoms with van der Waals surface area (Å²) in [6, 6.07) is 8.40. The van der Waals surface area contributed by atoms with Crippen LogP contribution in [0.4, 0.5) is 0 Å². The van der Waals surface area contributed by atoms with Gasteiger partial charge in [-0.05, 0) is 30.2 Å². The van der Waals surface area contributed by atoms with Gasteiger partial charge in [-0.25, -0.2) is 4.68 Å². The van der Waals surface area contributed by atoms with Crippen molar-refractivity contribution in [3.63, 3.8) is 0 Å². The molecule has 0 spiro atoms. The molecule has 3 aromatic rings. The molecular formula is C16H18N6OS. The lowest BCUT2D eigenvalue weighted by Gasteiger charge is -2.21. The minimum absolute atomic E-state index is 0.371. The monoisotopic (exact) mass is 342 g/mol. The molecule has 0 saturated heterocycles. The lowest BCUT2D eigenvalue weighted by Crippen LogP contribution is -2.15. The van der Waals surface area contributed by atoms with Crippen LogP contribution in [-0.2, 0) is 0 Å². The van der Waals surface area contributed by atoms with E-state index in [2.05, 4.69) is 25.7 Å². The molecule has 7 nitrogen and oxygen atoms in total. The fraction of sp³-hybridized carbons (Fsp3) is 0.438. The zero-order chi connectivity index (χ0) is 16.4. The first-order valence-corrected chi connectivity index (χ1v) is 8.98. The summed E-state index contributed by atoms with van der Waals surface area (Å²) in [6.07, 6.45) is 6.00. The van der Waals surface area contributed by atoms with Crippen molar-refractivity contribution >= 4 is 11.8 Å². The van der Waals surface area contributed by atoms with Crippen molar-refractivity contribution in [2.45, 2.75) is 55.4 Å². The van der Waals surface area contributed by atoms with Gasteiger partial charge in [0.2, 0.25) is 11.0 Å². The summed E-state index contributed by atoms with van der Waals surface area (Å²) < 4.78 is 7.26. The summed E-state index contributed by atoms with van der Waals surface area (Å²) in [5, 5.41) is 17.3. The Morgan fingerprint density at radius 1 is 1.12 bits per heavy atom. The van der Waals surface area contributed by atoms with Gasteiger partial charge in [-0.2, -0.15) is 4.98 Å². The van der Waals surface area contributed by atoms with Gasteiger partial charge in [0.1, 0.15) is 0 Å². The third-order valence-corrected chi connectivity index (χ3v) is 5.07. The van der Waals surface area contributed by atoms with Crippen LogP contribution in [0.3, 0.4) is 0 Å². The molecule has 1 aromatic carbocycles. The molecule has 0 N–H and O–H groups in total. The largest absolute Gasteiger partial charge is 0.326 e. The van der Waals surface area contributed by atoms with Crippen LogP contribution in [0, 0.1) is 6.92 Å². The Labute approximate surface area is 143 Å². The highest BCUT2D eigenvalue weighted by molar-refractivity contribution is 7.98. The molecule has 124 valence electrons. The molecule has 1 saturated carbocycles. The molecule has 1 aliphatic rings. The smallest absolute Gasteiger partial charge is 0.293 e. The molecular weight excluding hydrogens is 324 g/mol. The molecule has 0 bridgehead atoms. The van der Waals surface area contributed by atoms with E-state index in [9.17, 15) is 0 Å². The highest BCUT2D eigenvalue weighted by Crippen LogP contribution is 2.32. The summed E-state index contributed by atoms with van der Waals surface area (Å²) >= 11 is 1.32. The number of rotatable bonds is 4. The second-order valence-corrected chi connectivity index (χ2v) is 6.97. The molecule has 24 heavy (non-hydrogen) atoms. The Hall–Kier alpha value is -2.22. The van der Waals surface area contributed by atoms with Gasteiger partial charge >= 0.3 is 0 Å². The Morgan fingerprint density at radius 3 is 2.71 bits per heavy atom. The minimum atomic E-state index is 0.371. The summed E-state index contributed by atoms with van der Waals surface area (Å²) in [5.74, 6) is 0.578. The van der Waals surface area contributed by atoms with Crippen molar-refractivity contribution in [1.29, 1.82) is 0 Å². The maximum atomic E-state index is 5.36. The fourth-order valence-electron chi connectivity index (χ4n) is 2.96. The number of nitrogens with zero attached hydrogens (tertiary/aromatic N) is 6. The molecule has 0 unspecified atom stereocenters.